The van der Waals surface area contributed by atoms with Crippen molar-refractivity contribution in [2.24, 2.45) is 11.8 Å². The largest absolute Gasteiger partial charge is 0.507 e. The molecule has 1 aromatic carbocycles. The average molecular weight is 698 g/mol. The molecular formula is C37H48FN3O9. The Bertz CT molecular complexity index is 1710. The number of halogens is 1. The van der Waals surface area contributed by atoms with E-state index in [9.17, 15) is 24.6 Å². The zero-order chi connectivity index (χ0) is 36.1. The minimum Gasteiger partial charge on any atom is -0.507 e. The SMILES string of the molecule is CCCCOc1cc(C2CCCN2C(=O)OC(C)(C)C)c(F)c2c1C(O)=C1C(=O)[C@]3(O)C(=O)c4c(OCCCC)noc4[C@@H](NC)[C@@H]3C[C@@H]1C2. The number of fused-ring (bicyclic) bond motifs is 4. The Morgan fingerprint density at radius 1 is 1.14 bits per heavy atom. The van der Waals surface area contributed by atoms with Gasteiger partial charge in [0.2, 0.25) is 11.6 Å². The third-order valence-electron chi connectivity index (χ3n) is 10.4. The number of hydrogen-bond acceptors (Lipinski definition) is 11. The number of hydrogen-bond donors (Lipinski definition) is 3. The number of ether oxygens (including phenoxy) is 3. The summed E-state index contributed by atoms with van der Waals surface area (Å²) >= 11 is 0. The van der Waals surface area contributed by atoms with Gasteiger partial charge >= 0.3 is 6.09 Å². The van der Waals surface area contributed by atoms with Crippen molar-refractivity contribution >= 4 is 23.4 Å². The summed E-state index contributed by atoms with van der Waals surface area (Å²) in [5.74, 6) is -4.50. The van der Waals surface area contributed by atoms with Gasteiger partial charge in [-0.2, -0.15) is 0 Å². The number of aliphatic hydroxyl groups is 2. The van der Waals surface area contributed by atoms with Gasteiger partial charge in [-0.25, -0.2) is 9.18 Å². The number of likely N-dealkylation sites (tertiary alicyclic amines) is 1. The van der Waals surface area contributed by atoms with Crippen LogP contribution in [0.15, 0.2) is 16.2 Å². The first-order valence-electron chi connectivity index (χ1n) is 17.8. The Hall–Kier alpha value is -3.97. The van der Waals surface area contributed by atoms with E-state index < -0.39 is 64.4 Å². The van der Waals surface area contributed by atoms with Crippen molar-refractivity contribution in [2.75, 3.05) is 26.8 Å². The summed E-state index contributed by atoms with van der Waals surface area (Å²) < 4.78 is 40.0. The van der Waals surface area contributed by atoms with Crippen LogP contribution in [0.5, 0.6) is 11.6 Å². The molecule has 13 heteroatoms. The third-order valence-corrected chi connectivity index (χ3v) is 10.4. The molecule has 272 valence electrons. The second kappa shape index (κ2) is 13.6. The molecule has 6 rings (SSSR count). The summed E-state index contributed by atoms with van der Waals surface area (Å²) in [4.78, 5) is 43.3. The first-order chi connectivity index (χ1) is 23.8. The molecule has 1 saturated carbocycles. The first kappa shape index (κ1) is 35.8. The molecule has 2 fully saturated rings. The van der Waals surface area contributed by atoms with Gasteiger partial charge in [0, 0.05) is 29.2 Å². The van der Waals surface area contributed by atoms with Crippen molar-refractivity contribution in [3.05, 3.63) is 45.5 Å². The topological polar surface area (TPSA) is 161 Å². The molecule has 5 atom stereocenters. The lowest BCUT2D eigenvalue weighted by molar-refractivity contribution is -0.140. The number of Topliss-reactive ketones (excluding diaryl/α,β-unsaturated/α-hetero) is 2. The van der Waals surface area contributed by atoms with Crippen molar-refractivity contribution in [1.29, 1.82) is 0 Å². The van der Waals surface area contributed by atoms with Crippen molar-refractivity contribution in [2.45, 2.75) is 109 Å². The van der Waals surface area contributed by atoms with E-state index in [-0.39, 0.29) is 71.3 Å². The minimum atomic E-state index is -2.56. The summed E-state index contributed by atoms with van der Waals surface area (Å²) in [6, 6.07) is 0.0749. The van der Waals surface area contributed by atoms with Crippen LogP contribution in [0.2, 0.25) is 0 Å². The molecule has 1 amide bonds. The maximum atomic E-state index is 16.9. The minimum absolute atomic E-state index is 0.00468. The molecule has 1 aliphatic heterocycles. The highest BCUT2D eigenvalue weighted by molar-refractivity contribution is 6.26. The van der Waals surface area contributed by atoms with Crippen molar-refractivity contribution < 1.29 is 47.7 Å². The van der Waals surface area contributed by atoms with Gasteiger partial charge in [-0.3, -0.25) is 9.59 Å². The molecule has 1 saturated heterocycles. The van der Waals surface area contributed by atoms with E-state index in [0.29, 0.717) is 32.2 Å². The molecule has 3 aliphatic carbocycles. The van der Waals surface area contributed by atoms with Gasteiger partial charge in [0.15, 0.2) is 11.4 Å². The summed E-state index contributed by atoms with van der Waals surface area (Å²) in [5, 5.41) is 31.1. The molecule has 2 heterocycles. The van der Waals surface area contributed by atoms with Gasteiger partial charge < -0.3 is 39.2 Å². The van der Waals surface area contributed by atoms with Crippen LogP contribution in [0, 0.1) is 17.7 Å². The van der Waals surface area contributed by atoms with Gasteiger partial charge in [-0.1, -0.05) is 26.7 Å². The number of unbranched alkanes of at least 4 members (excludes halogenated alkanes) is 2. The Kier molecular flexibility index (Phi) is 9.77. The number of ketones is 2. The van der Waals surface area contributed by atoms with E-state index in [1.807, 2.05) is 13.8 Å². The lowest BCUT2D eigenvalue weighted by Gasteiger charge is -2.48. The molecule has 0 radical (unpaired) electrons. The zero-order valence-electron chi connectivity index (χ0n) is 29.7. The van der Waals surface area contributed by atoms with Gasteiger partial charge in [-0.15, -0.1) is 0 Å². The molecule has 3 N–H and O–H groups in total. The number of rotatable bonds is 10. The predicted molar refractivity (Wildman–Crippen MR) is 180 cm³/mol. The number of carbonyl (C=O) groups is 3. The van der Waals surface area contributed by atoms with E-state index in [4.69, 9.17) is 18.7 Å². The second-order valence-electron chi connectivity index (χ2n) is 14.8. The van der Waals surface area contributed by atoms with Crippen molar-refractivity contribution in [3.63, 3.8) is 0 Å². The normalized spacial score (nSPS) is 26.0. The molecule has 0 spiro atoms. The Morgan fingerprint density at radius 3 is 2.50 bits per heavy atom. The highest BCUT2D eigenvalue weighted by Crippen LogP contribution is 2.55. The molecular weight excluding hydrogens is 649 g/mol. The second-order valence-corrected chi connectivity index (χ2v) is 14.8. The van der Waals surface area contributed by atoms with E-state index in [1.54, 1.807) is 27.8 Å². The number of aromatic nitrogens is 1. The molecule has 1 aromatic heterocycles. The maximum Gasteiger partial charge on any atom is 0.410 e. The van der Waals surface area contributed by atoms with Gasteiger partial charge in [0.1, 0.15) is 28.5 Å². The molecule has 12 nitrogen and oxygen atoms in total. The number of nitrogens with zero attached hydrogens (tertiary/aromatic N) is 2. The number of nitrogens with one attached hydrogen (secondary N) is 1. The monoisotopic (exact) mass is 697 g/mol. The fraction of sp³-hybridized carbons (Fsp3) is 0.622. The van der Waals surface area contributed by atoms with E-state index in [1.165, 1.54) is 11.0 Å². The third kappa shape index (κ3) is 5.85. The first-order valence-corrected chi connectivity index (χ1v) is 17.8. The molecule has 50 heavy (non-hydrogen) atoms. The maximum absolute atomic E-state index is 16.9. The van der Waals surface area contributed by atoms with Crippen molar-refractivity contribution in [3.8, 4) is 11.6 Å². The van der Waals surface area contributed by atoms with Gasteiger partial charge in [-0.05, 0) is 83.5 Å². The van der Waals surface area contributed by atoms with E-state index >= 15 is 4.39 Å². The number of benzene rings is 1. The summed E-state index contributed by atoms with van der Waals surface area (Å²) in [5.41, 5.74) is -3.12. The lowest BCUT2D eigenvalue weighted by Crippen LogP contribution is -2.63. The summed E-state index contributed by atoms with van der Waals surface area (Å²) in [7, 11) is 1.62. The highest BCUT2D eigenvalue weighted by Gasteiger charge is 2.65. The van der Waals surface area contributed by atoms with Crippen LogP contribution < -0.4 is 14.8 Å². The van der Waals surface area contributed by atoms with Crippen LogP contribution in [0.25, 0.3) is 5.76 Å². The van der Waals surface area contributed by atoms with Crippen LogP contribution in [0.1, 0.15) is 124 Å². The zero-order valence-corrected chi connectivity index (χ0v) is 29.7. The van der Waals surface area contributed by atoms with Crippen LogP contribution in [0.3, 0.4) is 0 Å². The van der Waals surface area contributed by atoms with Gasteiger partial charge in [0.05, 0.1) is 30.9 Å². The molecule has 2 aromatic rings. The quantitative estimate of drug-likeness (QED) is 0.193. The van der Waals surface area contributed by atoms with Crippen LogP contribution >= 0.6 is 0 Å². The Morgan fingerprint density at radius 2 is 1.84 bits per heavy atom. The molecule has 1 unspecified atom stereocenters. The van der Waals surface area contributed by atoms with Crippen LogP contribution in [0.4, 0.5) is 9.18 Å². The number of amides is 1. The Labute approximate surface area is 291 Å². The summed E-state index contributed by atoms with van der Waals surface area (Å²) in [6.45, 7) is 10.2. The van der Waals surface area contributed by atoms with Crippen LogP contribution in [-0.2, 0) is 16.0 Å². The lowest BCUT2D eigenvalue weighted by atomic mass is 9.57. The fourth-order valence-electron chi connectivity index (χ4n) is 7.97. The standard InChI is InChI=1S/C37H48FN3O9/c1-7-9-14-47-24-18-20(23-12-11-13-41(23)35(45)49-36(3,4)5)28(38)21-16-19-17-22-29(39-6)31-27(34(40-50-31)48-15-10-8-2)33(44)37(22,46)32(43)25(19)30(42)26(21)24/h18-19,22-23,29,39,42,46H,7-17H2,1-6H3/t19-,22-,23?,29-,37-/m0/s1. The number of carbonyl (C=O) groups excluding carboxylic acids is 3. The summed E-state index contributed by atoms with van der Waals surface area (Å²) in [6.07, 6.45) is 3.68. The Balaban J connectivity index is 1.45. The van der Waals surface area contributed by atoms with E-state index in [0.717, 1.165) is 12.8 Å². The van der Waals surface area contributed by atoms with Gasteiger partial charge in [0.25, 0.3) is 5.88 Å². The fourth-order valence-corrected chi connectivity index (χ4v) is 7.97. The highest BCUT2D eigenvalue weighted by atomic mass is 19.1. The predicted octanol–water partition coefficient (Wildman–Crippen LogP) is 6.16. The molecule has 0 bridgehead atoms. The van der Waals surface area contributed by atoms with E-state index in [2.05, 4.69) is 10.5 Å². The average Bonchev–Trinajstić information content (AvgIpc) is 3.72. The van der Waals surface area contributed by atoms with Crippen LogP contribution in [-0.4, -0.2) is 75.9 Å². The molecule has 4 aliphatic rings. The number of aliphatic hydroxyl groups excluding tert-OH is 1. The van der Waals surface area contributed by atoms with Crippen molar-refractivity contribution in [1.82, 2.24) is 15.4 Å². The smallest absolute Gasteiger partial charge is 0.410 e.